The van der Waals surface area contributed by atoms with Crippen LogP contribution in [0.1, 0.15) is 162 Å². The lowest BCUT2D eigenvalue weighted by atomic mass is 9.90. The molecule has 346 valence electrons. The Morgan fingerprint density at radius 2 is 1.33 bits per heavy atom. The van der Waals surface area contributed by atoms with Crippen molar-refractivity contribution in [2.75, 3.05) is 26.4 Å². The summed E-state index contributed by atoms with van der Waals surface area (Å²) >= 11 is 0. The molecule has 0 aromatic heterocycles. The van der Waals surface area contributed by atoms with Crippen molar-refractivity contribution >= 4 is 25.5 Å². The molecule has 1 saturated carbocycles. The molecule has 0 amide bonds. The SMILES string of the molecule is CCCCC/C=C\C/C=C\CCCCCCCCCC(=O)OC[C@H](COP(=O)(O)OC[C@@H](O)CO)OC(=O)CCC/C=C\C[C@H]1[C@@H](O)CC(=O)[C@@H]1/C=C/[C@@H](O)CCCCC. The van der Waals surface area contributed by atoms with Crippen LogP contribution in [0.5, 0.6) is 0 Å². The number of rotatable bonds is 38. The highest BCUT2D eigenvalue weighted by Gasteiger charge is 2.39. The van der Waals surface area contributed by atoms with E-state index in [0.29, 0.717) is 32.1 Å². The lowest BCUT2D eigenvalue weighted by molar-refractivity contribution is -0.161. The Hall–Kier alpha value is -2.48. The fourth-order valence-corrected chi connectivity index (χ4v) is 7.50. The van der Waals surface area contributed by atoms with Crippen LogP contribution in [0.4, 0.5) is 0 Å². The molecule has 13 nitrogen and oxygen atoms in total. The van der Waals surface area contributed by atoms with Crippen LogP contribution in [-0.2, 0) is 37.5 Å². The van der Waals surface area contributed by atoms with E-state index in [-0.39, 0.29) is 31.0 Å². The molecule has 1 aliphatic rings. The third-order valence-corrected chi connectivity index (χ3v) is 11.3. The number of aliphatic hydroxyl groups is 4. The van der Waals surface area contributed by atoms with E-state index in [1.807, 2.05) is 12.2 Å². The van der Waals surface area contributed by atoms with E-state index < -0.39 is 76.5 Å². The molecule has 0 heterocycles. The van der Waals surface area contributed by atoms with Gasteiger partial charge in [-0.25, -0.2) is 4.57 Å². The second-order valence-electron chi connectivity index (χ2n) is 15.9. The number of phosphoric ester groups is 1. The lowest BCUT2D eigenvalue weighted by Gasteiger charge is -2.20. The molecule has 0 saturated heterocycles. The summed E-state index contributed by atoms with van der Waals surface area (Å²) in [6.07, 6.45) is 31.5. The van der Waals surface area contributed by atoms with Gasteiger partial charge in [-0.1, -0.05) is 127 Å². The second-order valence-corrected chi connectivity index (χ2v) is 17.3. The summed E-state index contributed by atoms with van der Waals surface area (Å²) in [5.74, 6) is -1.95. The van der Waals surface area contributed by atoms with Gasteiger partial charge in [-0.2, -0.15) is 0 Å². The average molecular weight is 871 g/mol. The number of unbranched alkanes of at least 4 members (excludes halogenated alkanes) is 13. The molecular formula is C46H79O13P. The van der Waals surface area contributed by atoms with Crippen LogP contribution in [-0.4, -0.2) is 93.9 Å². The van der Waals surface area contributed by atoms with Gasteiger partial charge in [0.05, 0.1) is 32.0 Å². The summed E-state index contributed by atoms with van der Waals surface area (Å²) in [6.45, 7) is 1.93. The zero-order chi connectivity index (χ0) is 44.3. The number of Topliss-reactive ketones (excluding diaryl/α,β-unsaturated/α-hetero) is 1. The standard InChI is InChI=1S/C46H79O13P/c1-3-5-7-8-9-10-11-12-13-14-15-16-17-18-19-20-25-29-45(52)56-36-40(37-58-60(54,55)57-35-39(49)34-47)59-46(53)30-26-22-21-24-28-41-42(44(51)33-43(41)50)32-31-38(48)27-23-6-4-2/h9-10,12-13,21,24,31-32,38-43,47-50H,3-8,11,14-20,22-23,25-30,33-37H2,1-2H3,(H,54,55)/b10-9-,13-12-,24-21-,32-31+/t38-,39-,40+,41+,42+,43-/m0/s1. The first-order valence-electron chi connectivity index (χ1n) is 22.7. The summed E-state index contributed by atoms with van der Waals surface area (Å²) in [6, 6.07) is 0. The van der Waals surface area contributed by atoms with Gasteiger partial charge >= 0.3 is 19.8 Å². The summed E-state index contributed by atoms with van der Waals surface area (Å²) in [5.41, 5.74) is 0. The van der Waals surface area contributed by atoms with Crippen molar-refractivity contribution in [2.24, 2.45) is 11.8 Å². The highest BCUT2D eigenvalue weighted by atomic mass is 31.2. The van der Waals surface area contributed by atoms with Crippen molar-refractivity contribution in [3.63, 3.8) is 0 Å². The number of ether oxygens (including phenoxy) is 2. The van der Waals surface area contributed by atoms with Gasteiger partial charge in [-0.15, -0.1) is 0 Å². The molecule has 7 atom stereocenters. The molecule has 0 aromatic rings. The molecular weight excluding hydrogens is 791 g/mol. The number of carbonyl (C=O) groups is 3. The van der Waals surface area contributed by atoms with Gasteiger partial charge in [-0.05, 0) is 64.2 Å². The molecule has 1 fully saturated rings. The van der Waals surface area contributed by atoms with Crippen LogP contribution in [0.15, 0.2) is 48.6 Å². The predicted molar refractivity (Wildman–Crippen MR) is 234 cm³/mol. The molecule has 5 N–H and O–H groups in total. The first kappa shape index (κ1) is 55.5. The van der Waals surface area contributed by atoms with Gasteiger partial charge in [0, 0.05) is 31.1 Å². The van der Waals surface area contributed by atoms with E-state index >= 15 is 0 Å². The van der Waals surface area contributed by atoms with Crippen LogP contribution in [0.25, 0.3) is 0 Å². The monoisotopic (exact) mass is 871 g/mol. The molecule has 0 aromatic carbocycles. The first-order chi connectivity index (χ1) is 28.9. The minimum absolute atomic E-state index is 0.00978. The van der Waals surface area contributed by atoms with Crippen LogP contribution in [0.3, 0.4) is 0 Å². The number of hydrogen-bond donors (Lipinski definition) is 5. The number of aliphatic hydroxyl groups excluding tert-OH is 4. The van der Waals surface area contributed by atoms with Gasteiger partial charge in [0.1, 0.15) is 18.5 Å². The number of hydrogen-bond acceptors (Lipinski definition) is 12. The van der Waals surface area contributed by atoms with Gasteiger partial charge < -0.3 is 34.8 Å². The van der Waals surface area contributed by atoms with E-state index in [1.165, 1.54) is 38.5 Å². The summed E-state index contributed by atoms with van der Waals surface area (Å²) in [7, 11) is -4.70. The number of phosphoric acid groups is 1. The number of ketones is 1. The van der Waals surface area contributed by atoms with Crippen LogP contribution in [0.2, 0.25) is 0 Å². The largest absolute Gasteiger partial charge is 0.472 e. The van der Waals surface area contributed by atoms with E-state index in [1.54, 1.807) is 12.2 Å². The highest BCUT2D eigenvalue weighted by molar-refractivity contribution is 7.47. The van der Waals surface area contributed by atoms with Crippen molar-refractivity contribution in [3.8, 4) is 0 Å². The summed E-state index contributed by atoms with van der Waals surface area (Å²) < 4.78 is 32.7. The van der Waals surface area contributed by atoms with Crippen LogP contribution in [0, 0.1) is 11.8 Å². The maximum atomic E-state index is 12.7. The maximum Gasteiger partial charge on any atom is 0.472 e. The van der Waals surface area contributed by atoms with Crippen molar-refractivity contribution < 1.29 is 62.8 Å². The third kappa shape index (κ3) is 29.7. The smallest absolute Gasteiger partial charge is 0.462 e. The van der Waals surface area contributed by atoms with Gasteiger partial charge in [0.15, 0.2) is 6.10 Å². The fourth-order valence-electron chi connectivity index (χ4n) is 6.71. The van der Waals surface area contributed by atoms with E-state index in [0.717, 1.165) is 57.8 Å². The summed E-state index contributed by atoms with van der Waals surface area (Å²) in [4.78, 5) is 47.7. The minimum Gasteiger partial charge on any atom is -0.462 e. The van der Waals surface area contributed by atoms with E-state index in [2.05, 4.69) is 42.7 Å². The average Bonchev–Trinajstić information content (AvgIpc) is 3.49. The zero-order valence-corrected chi connectivity index (χ0v) is 37.5. The Labute approximate surface area is 360 Å². The van der Waals surface area contributed by atoms with E-state index in [9.17, 15) is 39.2 Å². The van der Waals surface area contributed by atoms with Crippen LogP contribution >= 0.6 is 7.82 Å². The van der Waals surface area contributed by atoms with Crippen LogP contribution < -0.4 is 0 Å². The normalized spacial score (nSPS) is 19.8. The van der Waals surface area contributed by atoms with Crippen molar-refractivity contribution in [1.29, 1.82) is 0 Å². The van der Waals surface area contributed by atoms with Crippen molar-refractivity contribution in [3.05, 3.63) is 48.6 Å². The quantitative estimate of drug-likeness (QED) is 0.0171. The molecule has 0 radical (unpaired) electrons. The van der Waals surface area contributed by atoms with E-state index in [4.69, 9.17) is 19.1 Å². The Kier molecular flexibility index (Phi) is 33.4. The molecule has 14 heteroatoms. The number of carbonyl (C=O) groups excluding carboxylic acids is 3. The molecule has 1 rings (SSSR count). The highest BCUT2D eigenvalue weighted by Crippen LogP contribution is 2.43. The molecule has 1 unspecified atom stereocenters. The Bertz CT molecular complexity index is 1300. The predicted octanol–water partition coefficient (Wildman–Crippen LogP) is 8.70. The number of esters is 2. The lowest BCUT2D eigenvalue weighted by Crippen LogP contribution is -2.29. The number of allylic oxidation sites excluding steroid dienone is 7. The summed E-state index contributed by atoms with van der Waals surface area (Å²) in [5, 5.41) is 39.1. The molecule has 1 aliphatic carbocycles. The van der Waals surface area contributed by atoms with Crippen molar-refractivity contribution in [1.82, 2.24) is 0 Å². The van der Waals surface area contributed by atoms with Gasteiger partial charge in [0.25, 0.3) is 0 Å². The molecule has 60 heavy (non-hydrogen) atoms. The Morgan fingerprint density at radius 3 is 2.02 bits per heavy atom. The van der Waals surface area contributed by atoms with Gasteiger partial charge in [-0.3, -0.25) is 23.4 Å². The van der Waals surface area contributed by atoms with Crippen molar-refractivity contribution in [2.45, 2.75) is 186 Å². The first-order valence-corrected chi connectivity index (χ1v) is 24.2. The molecule has 0 spiro atoms. The molecule has 0 aliphatic heterocycles. The fraction of sp³-hybridized carbons (Fsp3) is 0.761. The maximum absolute atomic E-state index is 12.7. The molecule has 0 bridgehead atoms. The Morgan fingerprint density at radius 1 is 0.750 bits per heavy atom. The topological polar surface area (TPSA) is 206 Å². The minimum atomic E-state index is -4.70. The Balaban J connectivity index is 2.46. The zero-order valence-electron chi connectivity index (χ0n) is 36.6. The van der Waals surface area contributed by atoms with Gasteiger partial charge in [0.2, 0.25) is 0 Å². The second kappa shape index (κ2) is 36.0. The third-order valence-electron chi connectivity index (χ3n) is 10.3.